The Morgan fingerprint density at radius 3 is 2.75 bits per heavy atom. The average Bonchev–Trinajstić information content (AvgIpc) is 2.52. The van der Waals surface area contributed by atoms with Crippen LogP contribution in [0, 0.1) is 11.8 Å². The molecule has 0 aromatic rings. The van der Waals surface area contributed by atoms with E-state index in [1.807, 2.05) is 0 Å². The molecule has 2 nitrogen and oxygen atoms in total. The van der Waals surface area contributed by atoms with Crippen molar-refractivity contribution in [2.75, 3.05) is 37.7 Å². The van der Waals surface area contributed by atoms with Gasteiger partial charge >= 0.3 is 0 Å². The first-order valence-electron chi connectivity index (χ1n) is 6.72. The zero-order chi connectivity index (χ0) is 11.8. The van der Waals surface area contributed by atoms with Crippen LogP contribution in [0.4, 0.5) is 0 Å². The Balaban J connectivity index is 2.19. The van der Waals surface area contributed by atoms with Gasteiger partial charge in [0, 0.05) is 12.3 Å². The van der Waals surface area contributed by atoms with Gasteiger partial charge in [-0.05, 0) is 56.5 Å². The van der Waals surface area contributed by atoms with Crippen molar-refractivity contribution in [1.82, 2.24) is 4.90 Å². The fourth-order valence-electron chi connectivity index (χ4n) is 2.39. The lowest BCUT2D eigenvalue weighted by Crippen LogP contribution is -2.30. The molecule has 1 atom stereocenters. The molecule has 1 fully saturated rings. The number of thioether (sulfide) groups is 1. The highest BCUT2D eigenvalue weighted by Gasteiger charge is 2.13. The second kappa shape index (κ2) is 8.37. The molecule has 0 spiro atoms. The van der Waals surface area contributed by atoms with E-state index >= 15 is 0 Å². The Morgan fingerprint density at radius 2 is 2.06 bits per heavy atom. The molecule has 1 aliphatic rings. The molecule has 1 unspecified atom stereocenters. The summed E-state index contributed by atoms with van der Waals surface area (Å²) in [6.45, 7) is 9.29. The minimum atomic E-state index is 0.732. The monoisotopic (exact) mass is 244 g/mol. The Morgan fingerprint density at radius 1 is 1.25 bits per heavy atom. The van der Waals surface area contributed by atoms with Gasteiger partial charge in [0.25, 0.3) is 0 Å². The normalized spacial score (nSPS) is 21.0. The van der Waals surface area contributed by atoms with E-state index in [0.29, 0.717) is 0 Å². The van der Waals surface area contributed by atoms with E-state index in [2.05, 4.69) is 30.5 Å². The SMILES string of the molecule is CC(C)CC(CN)CCN1CCCSCC1. The number of nitrogens with zero attached hydrogens (tertiary/aromatic N) is 1. The first-order chi connectivity index (χ1) is 7.72. The topological polar surface area (TPSA) is 29.3 Å². The Kier molecular flexibility index (Phi) is 7.50. The third-order valence-electron chi connectivity index (χ3n) is 3.31. The molecule has 1 aliphatic heterocycles. The molecular formula is C13H28N2S. The molecule has 2 N–H and O–H groups in total. The van der Waals surface area contributed by atoms with Crippen molar-refractivity contribution in [2.24, 2.45) is 17.6 Å². The maximum Gasteiger partial charge on any atom is 0.00723 e. The van der Waals surface area contributed by atoms with E-state index in [0.717, 1.165) is 18.4 Å². The van der Waals surface area contributed by atoms with Crippen molar-refractivity contribution in [3.05, 3.63) is 0 Å². The van der Waals surface area contributed by atoms with Crippen LogP contribution in [0.3, 0.4) is 0 Å². The number of nitrogens with two attached hydrogens (primary N) is 1. The first kappa shape index (κ1) is 14.3. The highest BCUT2D eigenvalue weighted by atomic mass is 32.2. The van der Waals surface area contributed by atoms with Crippen LogP contribution in [0.5, 0.6) is 0 Å². The summed E-state index contributed by atoms with van der Waals surface area (Å²) in [6.07, 6.45) is 3.95. The number of rotatable bonds is 6. The number of hydrogen-bond donors (Lipinski definition) is 1. The summed E-state index contributed by atoms with van der Waals surface area (Å²) in [7, 11) is 0. The van der Waals surface area contributed by atoms with Gasteiger partial charge in [-0.15, -0.1) is 0 Å². The lowest BCUT2D eigenvalue weighted by molar-refractivity contribution is 0.258. The van der Waals surface area contributed by atoms with Crippen LogP contribution in [0.1, 0.15) is 33.1 Å². The summed E-state index contributed by atoms with van der Waals surface area (Å²) < 4.78 is 0. The van der Waals surface area contributed by atoms with Gasteiger partial charge in [-0.2, -0.15) is 11.8 Å². The predicted molar refractivity (Wildman–Crippen MR) is 75.0 cm³/mol. The van der Waals surface area contributed by atoms with Crippen molar-refractivity contribution < 1.29 is 0 Å². The Hall–Kier alpha value is 0.270. The lowest BCUT2D eigenvalue weighted by Gasteiger charge is -2.23. The second-order valence-electron chi connectivity index (χ2n) is 5.33. The van der Waals surface area contributed by atoms with Crippen LogP contribution < -0.4 is 5.73 Å². The minimum absolute atomic E-state index is 0.732. The molecule has 0 aromatic heterocycles. The molecule has 96 valence electrons. The van der Waals surface area contributed by atoms with Crippen molar-refractivity contribution in [3.63, 3.8) is 0 Å². The molecule has 0 aromatic carbocycles. The molecule has 0 radical (unpaired) electrons. The summed E-state index contributed by atoms with van der Waals surface area (Å²) in [5.74, 6) is 4.18. The fourth-order valence-corrected chi connectivity index (χ4v) is 3.31. The average molecular weight is 244 g/mol. The zero-order valence-corrected chi connectivity index (χ0v) is 11.8. The van der Waals surface area contributed by atoms with Gasteiger partial charge in [0.1, 0.15) is 0 Å². The second-order valence-corrected chi connectivity index (χ2v) is 6.55. The lowest BCUT2D eigenvalue weighted by atomic mass is 9.94. The minimum Gasteiger partial charge on any atom is -0.330 e. The van der Waals surface area contributed by atoms with Crippen LogP contribution in [0.2, 0.25) is 0 Å². The van der Waals surface area contributed by atoms with Crippen LogP contribution in [-0.4, -0.2) is 42.6 Å². The maximum absolute atomic E-state index is 5.84. The van der Waals surface area contributed by atoms with E-state index < -0.39 is 0 Å². The van der Waals surface area contributed by atoms with Crippen LogP contribution in [0.15, 0.2) is 0 Å². The summed E-state index contributed by atoms with van der Waals surface area (Å²) in [6, 6.07) is 0. The summed E-state index contributed by atoms with van der Waals surface area (Å²) >= 11 is 2.10. The Bertz CT molecular complexity index is 163. The summed E-state index contributed by atoms with van der Waals surface area (Å²) in [5.41, 5.74) is 5.84. The summed E-state index contributed by atoms with van der Waals surface area (Å²) in [4.78, 5) is 2.63. The first-order valence-corrected chi connectivity index (χ1v) is 7.88. The molecule has 16 heavy (non-hydrogen) atoms. The van der Waals surface area contributed by atoms with Crippen molar-refractivity contribution in [1.29, 1.82) is 0 Å². The van der Waals surface area contributed by atoms with Gasteiger partial charge in [0.15, 0.2) is 0 Å². The molecule has 0 bridgehead atoms. The van der Waals surface area contributed by atoms with E-state index in [9.17, 15) is 0 Å². The number of hydrogen-bond acceptors (Lipinski definition) is 3. The van der Waals surface area contributed by atoms with E-state index in [1.165, 1.54) is 50.4 Å². The third-order valence-corrected chi connectivity index (χ3v) is 4.36. The smallest absolute Gasteiger partial charge is 0.00723 e. The fraction of sp³-hybridized carbons (Fsp3) is 1.00. The standard InChI is InChI=1S/C13H28N2S/c1-12(2)10-13(11-14)4-6-15-5-3-8-16-9-7-15/h12-13H,3-11,14H2,1-2H3. The molecule has 1 heterocycles. The molecule has 3 heteroatoms. The molecule has 0 amide bonds. The van der Waals surface area contributed by atoms with Crippen molar-refractivity contribution in [3.8, 4) is 0 Å². The molecule has 0 aliphatic carbocycles. The Labute approximate surface area is 105 Å². The molecule has 1 saturated heterocycles. The van der Waals surface area contributed by atoms with Gasteiger partial charge in [0.2, 0.25) is 0 Å². The molecule has 1 rings (SSSR count). The summed E-state index contributed by atoms with van der Waals surface area (Å²) in [5, 5.41) is 0. The van der Waals surface area contributed by atoms with E-state index in [-0.39, 0.29) is 0 Å². The van der Waals surface area contributed by atoms with Crippen LogP contribution in [0.25, 0.3) is 0 Å². The van der Waals surface area contributed by atoms with E-state index in [1.54, 1.807) is 0 Å². The van der Waals surface area contributed by atoms with Gasteiger partial charge in [-0.25, -0.2) is 0 Å². The van der Waals surface area contributed by atoms with Crippen molar-refractivity contribution >= 4 is 11.8 Å². The highest BCUT2D eigenvalue weighted by molar-refractivity contribution is 7.99. The van der Waals surface area contributed by atoms with Gasteiger partial charge in [-0.1, -0.05) is 13.8 Å². The maximum atomic E-state index is 5.84. The van der Waals surface area contributed by atoms with Crippen LogP contribution >= 0.6 is 11.8 Å². The predicted octanol–water partition coefficient (Wildman–Crippen LogP) is 2.44. The van der Waals surface area contributed by atoms with E-state index in [4.69, 9.17) is 5.73 Å². The highest BCUT2D eigenvalue weighted by Crippen LogP contribution is 2.16. The van der Waals surface area contributed by atoms with Gasteiger partial charge in [-0.3, -0.25) is 0 Å². The molecular weight excluding hydrogens is 216 g/mol. The quantitative estimate of drug-likeness (QED) is 0.778. The van der Waals surface area contributed by atoms with Gasteiger partial charge < -0.3 is 10.6 Å². The zero-order valence-electron chi connectivity index (χ0n) is 11.0. The van der Waals surface area contributed by atoms with Crippen LogP contribution in [-0.2, 0) is 0 Å². The molecule has 0 saturated carbocycles. The third kappa shape index (κ3) is 6.12. The van der Waals surface area contributed by atoms with Gasteiger partial charge in [0.05, 0.1) is 0 Å². The largest absolute Gasteiger partial charge is 0.330 e. The van der Waals surface area contributed by atoms with Crippen molar-refractivity contribution in [2.45, 2.75) is 33.1 Å².